The Kier molecular flexibility index (Phi) is 7.07. The van der Waals surface area contributed by atoms with Crippen molar-refractivity contribution in [1.82, 2.24) is 14.8 Å². The van der Waals surface area contributed by atoms with Crippen molar-refractivity contribution in [3.63, 3.8) is 0 Å². The predicted molar refractivity (Wildman–Crippen MR) is 110 cm³/mol. The van der Waals surface area contributed by atoms with E-state index in [0.29, 0.717) is 18.8 Å². The molecule has 2 aromatic rings. The number of hydrogen-bond donors (Lipinski definition) is 1. The highest BCUT2D eigenvalue weighted by Crippen LogP contribution is 2.33. The van der Waals surface area contributed by atoms with Gasteiger partial charge >= 0.3 is 5.56 Å². The highest BCUT2D eigenvalue weighted by molar-refractivity contribution is 8.01. The van der Waals surface area contributed by atoms with E-state index in [2.05, 4.69) is 10.1 Å². The Labute approximate surface area is 172 Å². The lowest BCUT2D eigenvalue weighted by molar-refractivity contribution is 0.206. The van der Waals surface area contributed by atoms with Crippen molar-refractivity contribution >= 4 is 17.6 Å². The quantitative estimate of drug-likeness (QED) is 0.514. The minimum absolute atomic E-state index is 0.0512. The number of aromatic nitrogens is 3. The number of anilines is 1. The summed E-state index contributed by atoms with van der Waals surface area (Å²) in [6, 6.07) is 1.91. The third kappa shape index (κ3) is 5.24. The molecule has 1 aliphatic carbocycles. The Balaban J connectivity index is 2.10. The molecule has 2 aromatic heterocycles. The van der Waals surface area contributed by atoms with E-state index < -0.39 is 17.5 Å². The lowest BCUT2D eigenvalue weighted by Gasteiger charge is -2.27. The van der Waals surface area contributed by atoms with Gasteiger partial charge in [0, 0.05) is 30.5 Å². The van der Waals surface area contributed by atoms with Crippen LogP contribution in [0.1, 0.15) is 39.5 Å². The van der Waals surface area contributed by atoms with Crippen molar-refractivity contribution in [3.05, 3.63) is 40.6 Å². The standard InChI is InChI=1S/C19H25F2N5O2S/c1-12(2)29-25(8-7-22)15-11-23-26(13-9-16(20)24-17(21)10-13)19(27)18(15)28-14-5-3-4-6-14/h9-12,14H,3-8,22H2,1-2H3. The van der Waals surface area contributed by atoms with Crippen molar-refractivity contribution in [1.29, 1.82) is 0 Å². The first-order valence-electron chi connectivity index (χ1n) is 9.66. The van der Waals surface area contributed by atoms with E-state index >= 15 is 0 Å². The molecule has 158 valence electrons. The lowest BCUT2D eigenvalue weighted by atomic mass is 10.3. The number of nitrogens with two attached hydrogens (primary N) is 1. The van der Waals surface area contributed by atoms with E-state index in [0.717, 1.165) is 42.5 Å². The van der Waals surface area contributed by atoms with Crippen LogP contribution in [-0.4, -0.2) is 39.2 Å². The van der Waals surface area contributed by atoms with E-state index in [9.17, 15) is 13.6 Å². The Bertz CT molecular complexity index is 882. The average Bonchev–Trinajstić information content (AvgIpc) is 3.15. The van der Waals surface area contributed by atoms with Gasteiger partial charge in [-0.2, -0.15) is 23.5 Å². The van der Waals surface area contributed by atoms with Crippen LogP contribution in [0.25, 0.3) is 5.69 Å². The van der Waals surface area contributed by atoms with Crippen LogP contribution < -0.4 is 20.3 Å². The molecule has 2 heterocycles. The molecule has 0 amide bonds. The number of hydrogen-bond acceptors (Lipinski definition) is 7. The van der Waals surface area contributed by atoms with E-state index in [1.165, 1.54) is 18.1 Å². The molecule has 0 radical (unpaired) electrons. The highest BCUT2D eigenvalue weighted by Gasteiger charge is 2.25. The molecular formula is C19H25F2N5O2S. The molecule has 1 aliphatic rings. The first kappa shape index (κ1) is 21.5. The monoisotopic (exact) mass is 425 g/mol. The third-order valence-corrected chi connectivity index (χ3v) is 5.49. The van der Waals surface area contributed by atoms with E-state index in [-0.39, 0.29) is 22.8 Å². The first-order valence-corrected chi connectivity index (χ1v) is 10.5. The third-order valence-electron chi connectivity index (χ3n) is 4.43. The van der Waals surface area contributed by atoms with E-state index in [1.54, 1.807) is 0 Å². The molecule has 0 unspecified atom stereocenters. The molecule has 3 rings (SSSR count). The maximum Gasteiger partial charge on any atom is 0.316 e. The fraction of sp³-hybridized carbons (Fsp3) is 0.526. The molecular weight excluding hydrogens is 400 g/mol. The van der Waals surface area contributed by atoms with Crippen molar-refractivity contribution in [2.75, 3.05) is 17.4 Å². The maximum absolute atomic E-state index is 13.6. The number of halogens is 2. The summed E-state index contributed by atoms with van der Waals surface area (Å²) in [7, 11) is 0. The second-order valence-corrected chi connectivity index (χ2v) is 8.71. The Morgan fingerprint density at radius 3 is 2.55 bits per heavy atom. The smallest absolute Gasteiger partial charge is 0.316 e. The summed E-state index contributed by atoms with van der Waals surface area (Å²) in [5.41, 5.74) is 5.64. The van der Waals surface area contributed by atoms with Crippen LogP contribution in [0, 0.1) is 11.9 Å². The molecule has 0 spiro atoms. The minimum atomic E-state index is -1.03. The average molecular weight is 426 g/mol. The molecule has 0 saturated heterocycles. The maximum atomic E-state index is 13.6. The zero-order valence-corrected chi connectivity index (χ0v) is 17.3. The minimum Gasteiger partial charge on any atom is -0.483 e. The summed E-state index contributed by atoms with van der Waals surface area (Å²) in [5.74, 6) is -1.95. The van der Waals surface area contributed by atoms with Crippen LogP contribution in [0.3, 0.4) is 0 Å². The van der Waals surface area contributed by atoms with Gasteiger partial charge in [0.1, 0.15) is 5.69 Å². The summed E-state index contributed by atoms with van der Waals surface area (Å²) in [6.07, 6.45) is 5.18. The predicted octanol–water partition coefficient (Wildman–Crippen LogP) is 3.05. The van der Waals surface area contributed by atoms with Crippen molar-refractivity contribution in [2.45, 2.75) is 50.9 Å². The number of ether oxygens (including phenoxy) is 1. The topological polar surface area (TPSA) is 86.3 Å². The molecule has 0 aromatic carbocycles. The Hall–Kier alpha value is -2.20. The van der Waals surface area contributed by atoms with Gasteiger partial charge in [0.25, 0.3) is 0 Å². The first-order chi connectivity index (χ1) is 13.9. The van der Waals surface area contributed by atoms with Crippen molar-refractivity contribution in [2.24, 2.45) is 5.73 Å². The van der Waals surface area contributed by atoms with Crippen LogP contribution >= 0.6 is 11.9 Å². The van der Waals surface area contributed by atoms with Gasteiger partial charge in [-0.3, -0.25) is 4.79 Å². The summed E-state index contributed by atoms with van der Waals surface area (Å²) >= 11 is 1.52. The molecule has 0 aliphatic heterocycles. The molecule has 1 saturated carbocycles. The lowest BCUT2D eigenvalue weighted by Crippen LogP contribution is -2.31. The van der Waals surface area contributed by atoms with E-state index in [1.807, 2.05) is 18.2 Å². The van der Waals surface area contributed by atoms with Gasteiger partial charge in [-0.05, 0) is 37.6 Å². The molecule has 0 atom stereocenters. The fourth-order valence-electron chi connectivity index (χ4n) is 3.25. The van der Waals surface area contributed by atoms with Crippen LogP contribution in [-0.2, 0) is 0 Å². The SMILES string of the molecule is CC(C)SN(CCN)c1cnn(-c2cc(F)nc(F)c2)c(=O)c1OC1CCCC1. The van der Waals surface area contributed by atoms with Gasteiger partial charge < -0.3 is 14.8 Å². The summed E-state index contributed by atoms with van der Waals surface area (Å²) < 4.78 is 36.1. The van der Waals surface area contributed by atoms with E-state index in [4.69, 9.17) is 10.5 Å². The molecule has 29 heavy (non-hydrogen) atoms. The fourth-order valence-corrected chi connectivity index (χ4v) is 4.21. The number of rotatable bonds is 8. The van der Waals surface area contributed by atoms with Gasteiger partial charge in [0.05, 0.1) is 18.0 Å². The van der Waals surface area contributed by atoms with Gasteiger partial charge in [0.2, 0.25) is 17.6 Å². The molecule has 1 fully saturated rings. The van der Waals surface area contributed by atoms with Gasteiger partial charge in [0.15, 0.2) is 0 Å². The Morgan fingerprint density at radius 2 is 1.97 bits per heavy atom. The molecule has 10 heteroatoms. The Morgan fingerprint density at radius 1 is 1.31 bits per heavy atom. The van der Waals surface area contributed by atoms with Crippen LogP contribution in [0.15, 0.2) is 23.1 Å². The number of nitrogens with zero attached hydrogens (tertiary/aromatic N) is 4. The van der Waals surface area contributed by atoms with Gasteiger partial charge in [-0.15, -0.1) is 0 Å². The second kappa shape index (κ2) is 9.53. The van der Waals surface area contributed by atoms with Crippen LogP contribution in [0.2, 0.25) is 0 Å². The summed E-state index contributed by atoms with van der Waals surface area (Å²) in [5, 5.41) is 4.39. The zero-order valence-electron chi connectivity index (χ0n) is 16.5. The van der Waals surface area contributed by atoms with Crippen LogP contribution in [0.4, 0.5) is 14.5 Å². The van der Waals surface area contributed by atoms with Crippen molar-refractivity contribution < 1.29 is 13.5 Å². The number of pyridine rings is 1. The normalized spacial score (nSPS) is 14.6. The molecule has 0 bridgehead atoms. The molecule has 7 nitrogen and oxygen atoms in total. The molecule has 2 N–H and O–H groups in total. The zero-order chi connectivity index (χ0) is 21.0. The van der Waals surface area contributed by atoms with Gasteiger partial charge in [-0.1, -0.05) is 13.8 Å². The van der Waals surface area contributed by atoms with Crippen molar-refractivity contribution in [3.8, 4) is 11.4 Å². The second-order valence-electron chi connectivity index (χ2n) is 7.12. The largest absolute Gasteiger partial charge is 0.483 e. The van der Waals surface area contributed by atoms with Crippen LogP contribution in [0.5, 0.6) is 5.75 Å². The highest BCUT2D eigenvalue weighted by atomic mass is 32.2. The van der Waals surface area contributed by atoms with Gasteiger partial charge in [-0.25, -0.2) is 0 Å². The summed E-state index contributed by atoms with van der Waals surface area (Å²) in [6.45, 7) is 4.94. The summed E-state index contributed by atoms with van der Waals surface area (Å²) in [4.78, 5) is 16.3.